The second kappa shape index (κ2) is 4.76. The van der Waals surface area contributed by atoms with Crippen LogP contribution in [0, 0.1) is 0 Å². The molecule has 0 bridgehead atoms. The van der Waals surface area contributed by atoms with Gasteiger partial charge in [0.05, 0.1) is 0 Å². The molecule has 0 heteroatoms. The maximum atomic E-state index is 2.21. The van der Waals surface area contributed by atoms with E-state index in [-0.39, 0.29) is 0 Å². The lowest BCUT2D eigenvalue weighted by molar-refractivity contribution is 1.08. The van der Waals surface area contributed by atoms with Gasteiger partial charge in [0.2, 0.25) is 0 Å². The highest BCUT2D eigenvalue weighted by Gasteiger charge is 1.95. The summed E-state index contributed by atoms with van der Waals surface area (Å²) in [4.78, 5) is 0. The summed E-state index contributed by atoms with van der Waals surface area (Å²) < 4.78 is 0. The van der Waals surface area contributed by atoms with Gasteiger partial charge in [0, 0.05) is 0 Å². The molecule has 1 rings (SSSR count). The van der Waals surface area contributed by atoms with Crippen LogP contribution < -0.4 is 0 Å². The Hall–Kier alpha value is -1.04. The van der Waals surface area contributed by atoms with Crippen molar-refractivity contribution in [2.45, 2.75) is 26.7 Å². The van der Waals surface area contributed by atoms with E-state index in [0.29, 0.717) is 0 Å². The fourth-order valence-corrected chi connectivity index (χ4v) is 1.35. The van der Waals surface area contributed by atoms with E-state index in [9.17, 15) is 0 Å². The van der Waals surface area contributed by atoms with Crippen LogP contribution in [0.2, 0.25) is 0 Å². The molecule has 0 aliphatic carbocycles. The molecule has 1 aromatic carbocycles. The molecule has 0 aromatic heterocycles. The number of rotatable bonds is 3. The lowest BCUT2D eigenvalue weighted by atomic mass is 10.0. The second-order valence-corrected chi connectivity index (χ2v) is 2.90. The third-order valence-electron chi connectivity index (χ3n) is 2.07. The molecule has 0 heterocycles. The van der Waals surface area contributed by atoms with Crippen LogP contribution in [0.3, 0.4) is 0 Å². The van der Waals surface area contributed by atoms with E-state index in [1.165, 1.54) is 11.1 Å². The van der Waals surface area contributed by atoms with Crippen LogP contribution in [0.5, 0.6) is 0 Å². The predicted molar refractivity (Wildman–Crippen MR) is 54.3 cm³/mol. The number of allylic oxidation sites excluding steroid dienone is 2. The van der Waals surface area contributed by atoms with Crippen molar-refractivity contribution >= 4 is 0 Å². The summed E-state index contributed by atoms with van der Waals surface area (Å²) >= 11 is 0. The smallest absolute Gasteiger partial charge is 0.00948 e. The summed E-state index contributed by atoms with van der Waals surface area (Å²) in [6.45, 7) is 4.27. The molecule has 0 spiro atoms. The van der Waals surface area contributed by atoms with E-state index in [1.807, 2.05) is 0 Å². The standard InChI is InChI=1S/C12H16/c1-3-5-8-12-10-7-6-9-11(12)4-2/h3,5-7,9-10H,4,8H2,1-2H3/b5-3+. The molecule has 0 saturated carbocycles. The summed E-state index contributed by atoms with van der Waals surface area (Å²) in [6.07, 6.45) is 6.51. The van der Waals surface area contributed by atoms with E-state index in [4.69, 9.17) is 0 Å². The largest absolute Gasteiger partial charge is 0.0913 e. The molecule has 0 radical (unpaired) electrons. The molecule has 1 aromatic rings. The van der Waals surface area contributed by atoms with Gasteiger partial charge in [-0.05, 0) is 30.9 Å². The van der Waals surface area contributed by atoms with Crippen LogP contribution in [-0.2, 0) is 12.8 Å². The first kappa shape index (κ1) is 9.05. The van der Waals surface area contributed by atoms with E-state index >= 15 is 0 Å². The molecule has 0 atom stereocenters. The fraction of sp³-hybridized carbons (Fsp3) is 0.333. The third kappa shape index (κ3) is 2.23. The average molecular weight is 160 g/mol. The maximum absolute atomic E-state index is 2.21. The van der Waals surface area contributed by atoms with Crippen molar-refractivity contribution < 1.29 is 0 Å². The van der Waals surface area contributed by atoms with Crippen LogP contribution in [0.15, 0.2) is 36.4 Å². The van der Waals surface area contributed by atoms with Gasteiger partial charge in [-0.2, -0.15) is 0 Å². The van der Waals surface area contributed by atoms with Gasteiger partial charge in [0.1, 0.15) is 0 Å². The third-order valence-corrected chi connectivity index (χ3v) is 2.07. The number of hydrogen-bond acceptors (Lipinski definition) is 0. The van der Waals surface area contributed by atoms with Crippen molar-refractivity contribution in [1.29, 1.82) is 0 Å². The topological polar surface area (TPSA) is 0 Å². The minimum absolute atomic E-state index is 1.07. The predicted octanol–water partition coefficient (Wildman–Crippen LogP) is 3.37. The van der Waals surface area contributed by atoms with Gasteiger partial charge in [0.25, 0.3) is 0 Å². The van der Waals surface area contributed by atoms with Crippen molar-refractivity contribution in [3.8, 4) is 0 Å². The minimum Gasteiger partial charge on any atom is -0.0913 e. The first-order chi connectivity index (χ1) is 5.88. The molecular formula is C12H16. The Balaban J connectivity index is 2.81. The van der Waals surface area contributed by atoms with Gasteiger partial charge >= 0.3 is 0 Å². The lowest BCUT2D eigenvalue weighted by Crippen LogP contribution is -1.89. The van der Waals surface area contributed by atoms with Crippen LogP contribution in [0.1, 0.15) is 25.0 Å². The zero-order valence-corrected chi connectivity index (χ0v) is 7.88. The zero-order valence-electron chi connectivity index (χ0n) is 7.88. The van der Waals surface area contributed by atoms with E-state index in [1.54, 1.807) is 0 Å². The highest BCUT2D eigenvalue weighted by Crippen LogP contribution is 2.10. The summed E-state index contributed by atoms with van der Waals surface area (Å²) in [6, 6.07) is 8.63. The molecule has 0 nitrogen and oxygen atoms in total. The van der Waals surface area contributed by atoms with Gasteiger partial charge in [-0.3, -0.25) is 0 Å². The summed E-state index contributed by atoms with van der Waals surface area (Å²) in [5.41, 5.74) is 2.92. The van der Waals surface area contributed by atoms with Gasteiger partial charge in [0.15, 0.2) is 0 Å². The van der Waals surface area contributed by atoms with Crippen molar-refractivity contribution in [2.75, 3.05) is 0 Å². The molecule has 0 amide bonds. The quantitative estimate of drug-likeness (QED) is 0.595. The Morgan fingerprint density at radius 2 is 1.83 bits per heavy atom. The van der Waals surface area contributed by atoms with Crippen LogP contribution in [-0.4, -0.2) is 0 Å². The van der Waals surface area contributed by atoms with Crippen LogP contribution in [0.25, 0.3) is 0 Å². The molecule has 12 heavy (non-hydrogen) atoms. The first-order valence-electron chi connectivity index (χ1n) is 4.56. The molecule has 64 valence electrons. The highest BCUT2D eigenvalue weighted by atomic mass is 14.0. The molecule has 0 aliphatic rings. The monoisotopic (exact) mass is 160 g/mol. The summed E-state index contributed by atoms with van der Waals surface area (Å²) in [5, 5.41) is 0. The summed E-state index contributed by atoms with van der Waals surface area (Å²) in [5.74, 6) is 0. The van der Waals surface area contributed by atoms with Gasteiger partial charge in [-0.15, -0.1) is 0 Å². The molecule has 0 aliphatic heterocycles. The van der Waals surface area contributed by atoms with Crippen molar-refractivity contribution in [2.24, 2.45) is 0 Å². The van der Waals surface area contributed by atoms with Crippen molar-refractivity contribution in [1.82, 2.24) is 0 Å². The maximum Gasteiger partial charge on any atom is -0.00948 e. The summed E-state index contributed by atoms with van der Waals surface area (Å²) in [7, 11) is 0. The second-order valence-electron chi connectivity index (χ2n) is 2.90. The Labute approximate surface area is 74.9 Å². The molecule has 0 fully saturated rings. The number of hydrogen-bond donors (Lipinski definition) is 0. The normalized spacial score (nSPS) is 10.8. The SMILES string of the molecule is C/C=C/Cc1ccccc1CC. The van der Waals surface area contributed by atoms with Crippen LogP contribution >= 0.6 is 0 Å². The lowest BCUT2D eigenvalue weighted by Gasteiger charge is -2.03. The molecule has 0 unspecified atom stereocenters. The van der Waals surface area contributed by atoms with Crippen molar-refractivity contribution in [3.05, 3.63) is 47.5 Å². The number of benzene rings is 1. The van der Waals surface area contributed by atoms with Crippen molar-refractivity contribution in [3.63, 3.8) is 0 Å². The Morgan fingerprint density at radius 3 is 2.42 bits per heavy atom. The molecule has 0 N–H and O–H groups in total. The van der Waals surface area contributed by atoms with Gasteiger partial charge in [-0.1, -0.05) is 43.3 Å². The Bertz CT molecular complexity index is 258. The first-order valence-corrected chi connectivity index (χ1v) is 4.56. The average Bonchev–Trinajstić information content (AvgIpc) is 2.15. The fourth-order valence-electron chi connectivity index (χ4n) is 1.35. The Morgan fingerprint density at radius 1 is 1.17 bits per heavy atom. The molecular weight excluding hydrogens is 144 g/mol. The van der Waals surface area contributed by atoms with Crippen LogP contribution in [0.4, 0.5) is 0 Å². The minimum atomic E-state index is 1.07. The number of aryl methyl sites for hydroxylation is 1. The van der Waals surface area contributed by atoms with E-state index < -0.39 is 0 Å². The Kier molecular flexibility index (Phi) is 3.59. The molecule has 0 saturated heterocycles. The van der Waals surface area contributed by atoms with Gasteiger partial charge < -0.3 is 0 Å². The van der Waals surface area contributed by atoms with E-state index in [0.717, 1.165) is 12.8 Å². The highest BCUT2D eigenvalue weighted by molar-refractivity contribution is 5.28. The zero-order chi connectivity index (χ0) is 8.81. The van der Waals surface area contributed by atoms with E-state index in [2.05, 4.69) is 50.3 Å². The van der Waals surface area contributed by atoms with Gasteiger partial charge in [-0.25, -0.2) is 0 Å².